The summed E-state index contributed by atoms with van der Waals surface area (Å²) >= 11 is 0. The van der Waals surface area contributed by atoms with Gasteiger partial charge in [0.05, 0.1) is 19.5 Å². The number of phosphoric acid groups is 3. The zero-order valence-electron chi connectivity index (χ0n) is 29.4. The number of nitrogens with one attached hydrogen (secondary N) is 3. The van der Waals surface area contributed by atoms with E-state index in [0.29, 0.717) is 0 Å². The molecule has 3 rings (SSSR count). The summed E-state index contributed by atoms with van der Waals surface area (Å²) in [6.45, 7) is 0.597. The zero-order chi connectivity index (χ0) is 42.4. The predicted octanol–water partition coefficient (Wildman–Crippen LogP) is -3.20. The zero-order valence-corrected chi connectivity index (χ0v) is 32.9. The summed E-state index contributed by atoms with van der Waals surface area (Å²) in [4.78, 5) is 86.9. The molecule has 2 unspecified atom stereocenters. The molecule has 3 heterocycles. The first-order valence-corrected chi connectivity index (χ1v) is 21.8. The lowest BCUT2D eigenvalue weighted by molar-refractivity contribution is -0.137. The van der Waals surface area contributed by atoms with E-state index in [9.17, 15) is 66.3 Å². The van der Waals surface area contributed by atoms with Gasteiger partial charge in [-0.05, 0) is 6.92 Å². The normalized spacial score (nSPS) is 22.5. The van der Waals surface area contributed by atoms with Gasteiger partial charge in [-0.2, -0.15) is 12.7 Å². The van der Waals surface area contributed by atoms with Gasteiger partial charge in [0, 0.05) is 31.5 Å². The topological polar surface area (TPSA) is 430 Å². The highest BCUT2D eigenvalue weighted by atomic mass is 32.2. The van der Waals surface area contributed by atoms with Crippen molar-refractivity contribution in [1.82, 2.24) is 35.5 Å². The van der Waals surface area contributed by atoms with Crippen molar-refractivity contribution < 1.29 is 93.5 Å². The Morgan fingerprint density at radius 2 is 1.61 bits per heavy atom. The molecule has 0 saturated carbocycles. The minimum Gasteiger partial charge on any atom is -0.386 e. The Morgan fingerprint density at radius 3 is 2.23 bits per heavy atom. The van der Waals surface area contributed by atoms with Gasteiger partial charge in [-0.3, -0.25) is 37.1 Å². The average molecular weight is 887 g/mol. The lowest BCUT2D eigenvalue weighted by atomic mass is 9.87. The predicted molar refractivity (Wildman–Crippen MR) is 184 cm³/mol. The average Bonchev–Trinajstić information content (AvgIpc) is 3.63. The molecular weight excluding hydrogens is 845 g/mol. The fourth-order valence-corrected chi connectivity index (χ4v) is 7.79. The van der Waals surface area contributed by atoms with Gasteiger partial charge in [-0.1, -0.05) is 13.8 Å². The van der Waals surface area contributed by atoms with Crippen LogP contribution in [0.2, 0.25) is 0 Å². The Morgan fingerprint density at radius 1 is 1.00 bits per heavy atom. The number of hydrogen-bond donors (Lipinski definition) is 11. The van der Waals surface area contributed by atoms with Crippen LogP contribution in [0.15, 0.2) is 12.7 Å². The van der Waals surface area contributed by atoms with Gasteiger partial charge in [-0.15, -0.1) is 0 Å². The fraction of sp³-hybridized carbons (Fsp3) is 0.667. The van der Waals surface area contributed by atoms with Crippen LogP contribution in [-0.4, -0.2) is 143 Å². The number of nitrogen functional groups attached to an aromatic ring is 1. The summed E-state index contributed by atoms with van der Waals surface area (Å²) in [6.07, 6.45) is -7.27. The van der Waals surface area contributed by atoms with Gasteiger partial charge in [0.15, 0.2) is 22.9 Å². The van der Waals surface area contributed by atoms with Crippen molar-refractivity contribution in [1.29, 1.82) is 0 Å². The third-order valence-corrected chi connectivity index (χ3v) is 11.8. The third kappa shape index (κ3) is 13.5. The molecule has 8 atom stereocenters. The number of anilines is 1. The quantitative estimate of drug-likeness (QED) is 0.0334. The molecule has 0 aromatic carbocycles. The van der Waals surface area contributed by atoms with Gasteiger partial charge < -0.3 is 56.2 Å². The van der Waals surface area contributed by atoms with Gasteiger partial charge in [-0.25, -0.2) is 28.6 Å². The smallest absolute Gasteiger partial charge is 0.386 e. The van der Waals surface area contributed by atoms with E-state index in [0.717, 1.165) is 24.1 Å². The number of rotatable bonds is 21. The van der Waals surface area contributed by atoms with Gasteiger partial charge in [0.2, 0.25) is 17.7 Å². The summed E-state index contributed by atoms with van der Waals surface area (Å²) in [6, 6.07) is 0. The number of carbonyl (C=O) groups is 3. The first kappa shape index (κ1) is 47.3. The van der Waals surface area contributed by atoms with Crippen LogP contribution in [-0.2, 0) is 60.8 Å². The number of aromatic nitrogens is 4. The van der Waals surface area contributed by atoms with E-state index >= 15 is 0 Å². The molecule has 32 heteroatoms. The molecule has 56 heavy (non-hydrogen) atoms. The van der Waals surface area contributed by atoms with Crippen molar-refractivity contribution in [2.24, 2.45) is 5.41 Å². The molecule has 2 aromatic rings. The molecule has 12 N–H and O–H groups in total. The number of aliphatic hydroxyl groups excluding tert-OH is 2. The van der Waals surface area contributed by atoms with Crippen molar-refractivity contribution in [3.05, 3.63) is 12.7 Å². The number of nitrogens with zero attached hydrogens (tertiary/aromatic N) is 4. The summed E-state index contributed by atoms with van der Waals surface area (Å²) in [5.74, 6) is -2.75. The van der Waals surface area contributed by atoms with Crippen LogP contribution < -0.4 is 21.7 Å². The Balaban J connectivity index is 1.50. The van der Waals surface area contributed by atoms with E-state index in [1.807, 2.05) is 0 Å². The molecule has 1 saturated heterocycles. The molecular formula is C24H41N8O20P3S. The van der Waals surface area contributed by atoms with Gasteiger partial charge in [0.25, 0.3) is 10.1 Å². The Kier molecular flexibility index (Phi) is 15.8. The van der Waals surface area contributed by atoms with Crippen molar-refractivity contribution in [3.63, 3.8) is 0 Å². The summed E-state index contributed by atoms with van der Waals surface area (Å²) in [5, 5.41) is 26.4. The molecule has 0 radical (unpaired) electrons. The van der Waals surface area contributed by atoms with E-state index in [1.54, 1.807) is 0 Å². The van der Waals surface area contributed by atoms with Crippen molar-refractivity contribution in [2.45, 2.75) is 63.1 Å². The lowest BCUT2D eigenvalue weighted by Gasteiger charge is -2.30. The number of phosphoric ester groups is 3. The van der Waals surface area contributed by atoms with Crippen molar-refractivity contribution in [3.8, 4) is 0 Å². The van der Waals surface area contributed by atoms with Gasteiger partial charge in [0.1, 0.15) is 36.3 Å². The number of fused-ring (bicyclic) bond motifs is 1. The van der Waals surface area contributed by atoms with Crippen molar-refractivity contribution in [2.75, 3.05) is 38.6 Å². The molecule has 3 amide bonds. The minimum atomic E-state index is -5.61. The molecule has 0 spiro atoms. The molecule has 1 fully saturated rings. The standard InChI is InChI=1S/C24H41N8O20P3S/c1-12(56(45,46)47)21(36)28-7-6-26-14(33)4-5-27-22(37)18(35)24(2,3)9-49-55(43,44)52-54(41,42)48-8-13-17(51-53(38,39)40)16(34)23(50-13)32-11-31-15-19(25)29-10-30-20(15)32/h10-13,16-18,23,34-35H,4-9H2,1-3H3,(H,26,33)(H,27,37)(H,28,36)(H,41,42)(H,43,44)(H2,25,29,30)(H2,38,39,40)(H,45,46,47)/t12-,13+,16+,17+,18-,23+/m0/s1. The van der Waals surface area contributed by atoms with E-state index in [1.165, 1.54) is 13.8 Å². The maximum absolute atomic E-state index is 12.6. The molecule has 1 aliphatic rings. The Hall–Kier alpha value is -3.08. The highest BCUT2D eigenvalue weighted by molar-refractivity contribution is 7.87. The van der Waals surface area contributed by atoms with Crippen LogP contribution in [0.3, 0.4) is 0 Å². The number of nitrogens with two attached hydrogens (primary N) is 1. The SMILES string of the molecule is C[C@@H](C(=O)NCCNC(=O)CCNC(=O)[C@H](O)C(C)(C)COP(=O)(O)OP(=O)(O)OC[C@H]1O[C@@H](n2cnc3c(N)ncnc32)[C@H](O)[C@@H]1OP(=O)(O)O)S(=O)(=O)O. The van der Waals surface area contributed by atoms with E-state index < -0.39 is 106 Å². The number of aliphatic hydroxyl groups is 2. The second-order valence-electron chi connectivity index (χ2n) is 12.5. The summed E-state index contributed by atoms with van der Waals surface area (Å²) in [5.41, 5.74) is 4.14. The molecule has 0 aliphatic carbocycles. The Labute approximate surface area is 316 Å². The van der Waals surface area contributed by atoms with Crippen molar-refractivity contribution >= 4 is 68.3 Å². The maximum atomic E-state index is 12.6. The number of ether oxygens (including phenoxy) is 1. The molecule has 2 aromatic heterocycles. The third-order valence-electron chi connectivity index (χ3n) is 7.64. The van der Waals surface area contributed by atoms with Crippen LogP contribution in [0.4, 0.5) is 5.82 Å². The number of carbonyl (C=O) groups excluding carboxylic acids is 3. The van der Waals surface area contributed by atoms with E-state index in [2.05, 4.69) is 39.7 Å². The first-order chi connectivity index (χ1) is 25.6. The largest absolute Gasteiger partial charge is 0.481 e. The van der Waals surface area contributed by atoms with E-state index in [-0.39, 0.29) is 43.0 Å². The number of hydrogen-bond acceptors (Lipinski definition) is 19. The second kappa shape index (κ2) is 18.7. The first-order valence-electron chi connectivity index (χ1n) is 15.8. The summed E-state index contributed by atoms with van der Waals surface area (Å²) in [7, 11) is -21.1. The van der Waals surface area contributed by atoms with Crippen LogP contribution in [0.5, 0.6) is 0 Å². The van der Waals surface area contributed by atoms with E-state index in [4.69, 9.17) is 24.1 Å². The highest BCUT2D eigenvalue weighted by Gasteiger charge is 2.50. The van der Waals surface area contributed by atoms with Gasteiger partial charge >= 0.3 is 23.5 Å². The monoisotopic (exact) mass is 886 g/mol. The fourth-order valence-electron chi connectivity index (χ4n) is 4.61. The molecule has 0 bridgehead atoms. The summed E-state index contributed by atoms with van der Waals surface area (Å²) < 4.78 is 92.6. The molecule has 1 aliphatic heterocycles. The molecule has 28 nitrogen and oxygen atoms in total. The molecule has 318 valence electrons. The number of amides is 3. The van der Waals surface area contributed by atoms with Crippen LogP contribution in [0.25, 0.3) is 11.2 Å². The van der Waals surface area contributed by atoms with Crippen LogP contribution in [0, 0.1) is 5.41 Å². The maximum Gasteiger partial charge on any atom is 0.481 e. The lowest BCUT2D eigenvalue weighted by Crippen LogP contribution is -2.46. The Bertz CT molecular complexity index is 2000. The van der Waals surface area contributed by atoms with Crippen LogP contribution >= 0.6 is 23.5 Å². The number of imidazole rings is 1. The van der Waals surface area contributed by atoms with Crippen LogP contribution in [0.1, 0.15) is 33.4 Å². The highest BCUT2D eigenvalue weighted by Crippen LogP contribution is 2.61. The second-order valence-corrected chi connectivity index (χ2v) is 18.5. The minimum absolute atomic E-state index is 0.0108.